The van der Waals surface area contributed by atoms with E-state index in [9.17, 15) is 8.42 Å². The molecule has 0 unspecified atom stereocenters. The lowest BCUT2D eigenvalue weighted by Gasteiger charge is -2.04. The van der Waals surface area contributed by atoms with Crippen molar-refractivity contribution < 1.29 is 8.42 Å². The van der Waals surface area contributed by atoms with Gasteiger partial charge in [-0.25, -0.2) is 13.1 Å². The van der Waals surface area contributed by atoms with Gasteiger partial charge < -0.3 is 0 Å². The van der Waals surface area contributed by atoms with E-state index in [2.05, 4.69) is 16.9 Å². The van der Waals surface area contributed by atoms with Crippen molar-refractivity contribution in [2.24, 2.45) is 0 Å². The maximum atomic E-state index is 12.0. The Balaban J connectivity index is 1.73. The van der Waals surface area contributed by atoms with E-state index in [1.807, 2.05) is 31.2 Å². The highest BCUT2D eigenvalue weighted by atomic mass is 32.2. The predicted molar refractivity (Wildman–Crippen MR) is 86.0 cm³/mol. The number of hydrogen-bond donors (Lipinski definition) is 1. The second kappa shape index (κ2) is 7.26. The minimum Gasteiger partial charge on any atom is -0.210 e. The van der Waals surface area contributed by atoms with E-state index in [0.717, 1.165) is 17.1 Å². The standard InChI is InChI=1S/C14H17NO2S3/c1-12-8-9-14(19-12)20(16,17)15-10-5-11-18-13-6-3-2-4-7-13/h2-4,6-9,15H,5,10-11H2,1H3. The molecule has 2 rings (SSSR count). The maximum absolute atomic E-state index is 12.0. The summed E-state index contributed by atoms with van der Waals surface area (Å²) in [5, 5.41) is 0. The van der Waals surface area contributed by atoms with E-state index in [1.54, 1.807) is 17.8 Å². The lowest BCUT2D eigenvalue weighted by Crippen LogP contribution is -2.24. The molecule has 1 N–H and O–H groups in total. The molecule has 0 aliphatic rings. The van der Waals surface area contributed by atoms with Crippen molar-refractivity contribution in [1.82, 2.24) is 4.72 Å². The SMILES string of the molecule is Cc1ccc(S(=O)(=O)NCCCSc2ccccc2)s1. The normalized spacial score (nSPS) is 11.7. The predicted octanol–water partition coefficient (Wildman–Crippen LogP) is 3.52. The zero-order chi connectivity index (χ0) is 14.4. The second-order valence-electron chi connectivity index (χ2n) is 4.28. The van der Waals surface area contributed by atoms with Gasteiger partial charge in [-0.2, -0.15) is 0 Å². The van der Waals surface area contributed by atoms with Crippen molar-refractivity contribution in [3.8, 4) is 0 Å². The molecule has 0 spiro atoms. The van der Waals surface area contributed by atoms with Gasteiger partial charge in [0.05, 0.1) is 0 Å². The number of benzene rings is 1. The van der Waals surface area contributed by atoms with Crippen LogP contribution in [0.1, 0.15) is 11.3 Å². The fourth-order valence-electron chi connectivity index (χ4n) is 1.61. The van der Waals surface area contributed by atoms with Gasteiger partial charge in [0.1, 0.15) is 4.21 Å². The third-order valence-electron chi connectivity index (χ3n) is 2.61. The molecule has 1 aromatic carbocycles. The van der Waals surface area contributed by atoms with Crippen LogP contribution >= 0.6 is 23.1 Å². The number of aryl methyl sites for hydroxylation is 1. The molecule has 2 aromatic rings. The van der Waals surface area contributed by atoms with Crippen molar-refractivity contribution in [3.63, 3.8) is 0 Å². The summed E-state index contributed by atoms with van der Waals surface area (Å²) in [6, 6.07) is 13.6. The Bertz CT molecular complexity index is 635. The van der Waals surface area contributed by atoms with Crippen molar-refractivity contribution in [2.45, 2.75) is 22.4 Å². The number of thiophene rings is 1. The van der Waals surface area contributed by atoms with Gasteiger partial charge in [-0.3, -0.25) is 0 Å². The molecule has 0 amide bonds. The molecule has 1 aromatic heterocycles. The van der Waals surface area contributed by atoms with E-state index in [0.29, 0.717) is 10.8 Å². The lowest BCUT2D eigenvalue weighted by atomic mass is 10.4. The summed E-state index contributed by atoms with van der Waals surface area (Å²) in [5.74, 6) is 0.899. The van der Waals surface area contributed by atoms with Crippen LogP contribution in [-0.2, 0) is 10.0 Å². The summed E-state index contributed by atoms with van der Waals surface area (Å²) in [5.41, 5.74) is 0. The number of thioether (sulfide) groups is 1. The molecule has 108 valence electrons. The number of sulfonamides is 1. The Kier molecular flexibility index (Phi) is 5.65. The highest BCUT2D eigenvalue weighted by Crippen LogP contribution is 2.20. The van der Waals surface area contributed by atoms with E-state index in [-0.39, 0.29) is 0 Å². The summed E-state index contributed by atoms with van der Waals surface area (Å²) in [7, 11) is -3.33. The lowest BCUT2D eigenvalue weighted by molar-refractivity contribution is 0.583. The van der Waals surface area contributed by atoms with Gasteiger partial charge >= 0.3 is 0 Å². The van der Waals surface area contributed by atoms with Crippen molar-refractivity contribution in [1.29, 1.82) is 0 Å². The first kappa shape index (κ1) is 15.6. The molecule has 1 heterocycles. The number of nitrogens with one attached hydrogen (secondary N) is 1. The van der Waals surface area contributed by atoms with Crippen LogP contribution in [0.15, 0.2) is 51.6 Å². The summed E-state index contributed by atoms with van der Waals surface area (Å²) in [6.45, 7) is 2.37. The molecule has 3 nitrogen and oxygen atoms in total. The van der Waals surface area contributed by atoms with Crippen molar-refractivity contribution in [2.75, 3.05) is 12.3 Å². The highest BCUT2D eigenvalue weighted by molar-refractivity contribution is 7.99. The van der Waals surface area contributed by atoms with Crippen LogP contribution < -0.4 is 4.72 Å². The monoisotopic (exact) mass is 327 g/mol. The quantitative estimate of drug-likeness (QED) is 0.625. The molecule has 0 bridgehead atoms. The minimum absolute atomic E-state index is 0.394. The van der Waals surface area contributed by atoms with Crippen molar-refractivity contribution >= 4 is 33.1 Å². The van der Waals surface area contributed by atoms with Gasteiger partial charge in [0.15, 0.2) is 0 Å². The van der Waals surface area contributed by atoms with Gasteiger partial charge in [0, 0.05) is 16.3 Å². The fourth-order valence-corrected chi connectivity index (χ4v) is 4.89. The summed E-state index contributed by atoms with van der Waals surface area (Å²) >= 11 is 3.04. The van der Waals surface area contributed by atoms with Crippen LogP contribution in [0, 0.1) is 6.92 Å². The summed E-state index contributed by atoms with van der Waals surface area (Å²) < 4.78 is 27.0. The van der Waals surface area contributed by atoms with Gasteiger partial charge in [-0.15, -0.1) is 23.1 Å². The van der Waals surface area contributed by atoms with Crippen LogP contribution in [0.2, 0.25) is 0 Å². The molecular formula is C14H17NO2S3. The topological polar surface area (TPSA) is 46.2 Å². The average Bonchev–Trinajstić information content (AvgIpc) is 2.87. The van der Waals surface area contributed by atoms with E-state index in [4.69, 9.17) is 0 Å². The van der Waals surface area contributed by atoms with Crippen LogP contribution in [0.4, 0.5) is 0 Å². The third-order valence-corrected chi connectivity index (χ3v) is 6.66. The zero-order valence-electron chi connectivity index (χ0n) is 11.2. The Morgan fingerprint density at radius 1 is 1.15 bits per heavy atom. The number of hydrogen-bond acceptors (Lipinski definition) is 4. The molecule has 0 saturated heterocycles. The molecular weight excluding hydrogens is 310 g/mol. The Labute approximate surface area is 128 Å². The van der Waals surface area contributed by atoms with Crippen LogP contribution in [0.3, 0.4) is 0 Å². The van der Waals surface area contributed by atoms with E-state index < -0.39 is 10.0 Å². The molecule has 0 aliphatic carbocycles. The first-order valence-corrected chi connectivity index (χ1v) is 9.60. The molecule has 0 aliphatic heterocycles. The fraction of sp³-hybridized carbons (Fsp3) is 0.286. The van der Waals surface area contributed by atoms with Gasteiger partial charge in [0.25, 0.3) is 0 Å². The summed E-state index contributed by atoms with van der Waals surface area (Å²) in [6.07, 6.45) is 0.809. The molecule has 6 heteroatoms. The molecule has 0 saturated carbocycles. The first-order valence-electron chi connectivity index (χ1n) is 6.32. The average molecular weight is 327 g/mol. The smallest absolute Gasteiger partial charge is 0.210 e. The van der Waals surface area contributed by atoms with Crippen LogP contribution in [-0.4, -0.2) is 20.7 Å². The Morgan fingerprint density at radius 2 is 1.90 bits per heavy atom. The van der Waals surface area contributed by atoms with E-state index in [1.165, 1.54) is 16.2 Å². The van der Waals surface area contributed by atoms with Crippen LogP contribution in [0.5, 0.6) is 0 Å². The van der Waals surface area contributed by atoms with E-state index >= 15 is 0 Å². The molecule has 0 atom stereocenters. The second-order valence-corrected chi connectivity index (χ2v) is 8.73. The van der Waals surface area contributed by atoms with Gasteiger partial charge in [-0.1, -0.05) is 18.2 Å². The summed E-state index contributed by atoms with van der Waals surface area (Å²) in [4.78, 5) is 2.22. The Hall–Kier alpha value is -0.820. The molecule has 0 fully saturated rings. The largest absolute Gasteiger partial charge is 0.250 e. The molecule has 0 radical (unpaired) electrons. The van der Waals surface area contributed by atoms with Gasteiger partial charge in [0.2, 0.25) is 10.0 Å². The highest BCUT2D eigenvalue weighted by Gasteiger charge is 2.14. The van der Waals surface area contributed by atoms with Crippen molar-refractivity contribution in [3.05, 3.63) is 47.3 Å². The van der Waals surface area contributed by atoms with Gasteiger partial charge in [-0.05, 0) is 43.4 Å². The first-order chi connectivity index (χ1) is 9.58. The zero-order valence-corrected chi connectivity index (χ0v) is 13.7. The van der Waals surface area contributed by atoms with Crippen LogP contribution in [0.25, 0.3) is 0 Å². The molecule has 20 heavy (non-hydrogen) atoms. The third kappa shape index (κ3) is 4.63. The maximum Gasteiger partial charge on any atom is 0.250 e. The number of rotatable bonds is 7. The minimum atomic E-state index is -3.33. The Morgan fingerprint density at radius 3 is 2.55 bits per heavy atom.